The summed E-state index contributed by atoms with van der Waals surface area (Å²) in [5.41, 5.74) is 2.55. The highest BCUT2D eigenvalue weighted by molar-refractivity contribution is 5.79. The average Bonchev–Trinajstić information content (AvgIpc) is 2.81. The molecule has 2 atom stereocenters. The van der Waals surface area contributed by atoms with Crippen molar-refractivity contribution < 1.29 is 9.15 Å². The number of hydrogen-bond acceptors (Lipinski definition) is 4. The normalized spacial score (nSPS) is 15.2. The molecule has 6 nitrogen and oxygen atoms in total. The number of ether oxygens (including phenoxy) is 1. The zero-order valence-electron chi connectivity index (χ0n) is 11.1. The third kappa shape index (κ3) is 5.20. The van der Waals surface area contributed by atoms with Crippen molar-refractivity contribution in [2.45, 2.75) is 32.4 Å². The van der Waals surface area contributed by atoms with Gasteiger partial charge in [-0.2, -0.15) is 0 Å². The number of aliphatic imine (C=N–C) groups is 1. The van der Waals surface area contributed by atoms with Crippen LogP contribution < -0.4 is 16.6 Å². The van der Waals surface area contributed by atoms with Crippen molar-refractivity contribution in [1.29, 1.82) is 0 Å². The van der Waals surface area contributed by atoms with Crippen LogP contribution in [0.25, 0.3) is 0 Å². The Morgan fingerprint density at radius 1 is 1.56 bits per heavy atom. The van der Waals surface area contributed by atoms with Crippen molar-refractivity contribution in [2.24, 2.45) is 10.8 Å². The third-order valence-corrected chi connectivity index (χ3v) is 2.36. The van der Waals surface area contributed by atoms with Crippen LogP contribution in [0.4, 0.5) is 0 Å². The molecule has 4 N–H and O–H groups in total. The number of furan rings is 1. The molecule has 0 saturated carbocycles. The van der Waals surface area contributed by atoms with Gasteiger partial charge in [0.2, 0.25) is 5.96 Å². The fraction of sp³-hybridized carbons (Fsp3) is 0.583. The third-order valence-electron chi connectivity index (χ3n) is 2.36. The van der Waals surface area contributed by atoms with Crippen molar-refractivity contribution in [2.75, 3.05) is 13.7 Å². The van der Waals surface area contributed by atoms with Crippen LogP contribution in [0.15, 0.2) is 27.8 Å². The number of nitrogens with zero attached hydrogens (tertiary/aromatic N) is 1. The van der Waals surface area contributed by atoms with Gasteiger partial charge in [0, 0.05) is 19.6 Å². The lowest BCUT2D eigenvalue weighted by molar-refractivity contribution is 0.185. The predicted octanol–water partition coefficient (Wildman–Crippen LogP) is 0.654. The first-order valence-electron chi connectivity index (χ1n) is 5.98. The average molecular weight is 254 g/mol. The molecule has 1 aromatic heterocycles. The molecule has 1 heterocycles. The maximum absolute atomic E-state index is 5.43. The summed E-state index contributed by atoms with van der Waals surface area (Å²) in [6.07, 6.45) is 2.44. The minimum atomic E-state index is 0.0457. The molecule has 0 aliphatic rings. The first-order valence-corrected chi connectivity index (χ1v) is 5.98. The molecule has 1 rings (SSSR count). The van der Waals surface area contributed by atoms with Gasteiger partial charge in [0.15, 0.2) is 0 Å². The number of hydrazine groups is 1. The van der Waals surface area contributed by atoms with Gasteiger partial charge in [-0.05, 0) is 26.0 Å². The summed E-state index contributed by atoms with van der Waals surface area (Å²) in [4.78, 5) is 4.37. The van der Waals surface area contributed by atoms with Crippen LogP contribution in [0.3, 0.4) is 0 Å². The lowest BCUT2D eigenvalue weighted by Gasteiger charge is -2.17. The summed E-state index contributed by atoms with van der Waals surface area (Å²) < 4.78 is 10.3. The SMILES string of the molecule is COCC(C)N=C(NN)NC(C)Cc1ccco1. The molecule has 2 unspecified atom stereocenters. The second-order valence-corrected chi connectivity index (χ2v) is 4.26. The molecule has 0 amide bonds. The molecule has 0 bridgehead atoms. The van der Waals surface area contributed by atoms with Crippen molar-refractivity contribution in [3.8, 4) is 0 Å². The number of nitrogens with two attached hydrogens (primary N) is 1. The van der Waals surface area contributed by atoms with E-state index in [1.165, 1.54) is 0 Å². The van der Waals surface area contributed by atoms with Gasteiger partial charge >= 0.3 is 0 Å². The highest BCUT2D eigenvalue weighted by atomic mass is 16.5. The molecule has 0 radical (unpaired) electrons. The molecule has 18 heavy (non-hydrogen) atoms. The number of hydrogen-bond donors (Lipinski definition) is 3. The Morgan fingerprint density at radius 3 is 2.89 bits per heavy atom. The standard InChI is InChI=1S/C12H22N4O2/c1-9(7-11-5-4-6-18-11)14-12(16-13)15-10(2)8-17-3/h4-6,9-10H,7-8,13H2,1-3H3,(H2,14,15,16). The molecule has 0 saturated heterocycles. The van der Waals surface area contributed by atoms with E-state index in [2.05, 4.69) is 15.7 Å². The van der Waals surface area contributed by atoms with Gasteiger partial charge in [-0.15, -0.1) is 0 Å². The summed E-state index contributed by atoms with van der Waals surface area (Å²) in [6.45, 7) is 4.55. The van der Waals surface area contributed by atoms with E-state index in [0.29, 0.717) is 12.6 Å². The van der Waals surface area contributed by atoms with Gasteiger partial charge in [0.1, 0.15) is 5.76 Å². The van der Waals surface area contributed by atoms with Crippen LogP contribution >= 0.6 is 0 Å². The summed E-state index contributed by atoms with van der Waals surface area (Å²) >= 11 is 0. The van der Waals surface area contributed by atoms with E-state index in [1.807, 2.05) is 26.0 Å². The Kier molecular flexibility index (Phi) is 6.24. The van der Waals surface area contributed by atoms with Gasteiger partial charge in [-0.25, -0.2) is 10.8 Å². The van der Waals surface area contributed by atoms with Crippen molar-refractivity contribution in [3.05, 3.63) is 24.2 Å². The van der Waals surface area contributed by atoms with Crippen LogP contribution in [-0.4, -0.2) is 31.8 Å². The van der Waals surface area contributed by atoms with Gasteiger partial charge in [-0.1, -0.05) is 0 Å². The second-order valence-electron chi connectivity index (χ2n) is 4.26. The Bertz CT molecular complexity index is 351. The fourth-order valence-electron chi connectivity index (χ4n) is 1.63. The van der Waals surface area contributed by atoms with Crippen molar-refractivity contribution in [3.63, 3.8) is 0 Å². The predicted molar refractivity (Wildman–Crippen MR) is 71.1 cm³/mol. The van der Waals surface area contributed by atoms with E-state index >= 15 is 0 Å². The Labute approximate surface area is 108 Å². The number of nitrogens with one attached hydrogen (secondary N) is 2. The molecule has 0 spiro atoms. The van der Waals surface area contributed by atoms with Crippen LogP contribution in [0.2, 0.25) is 0 Å². The molecular formula is C12H22N4O2. The highest BCUT2D eigenvalue weighted by Crippen LogP contribution is 2.03. The maximum atomic E-state index is 5.43. The maximum Gasteiger partial charge on any atom is 0.206 e. The lowest BCUT2D eigenvalue weighted by Crippen LogP contribution is -2.46. The molecule has 0 aliphatic carbocycles. The van der Waals surface area contributed by atoms with Crippen molar-refractivity contribution >= 4 is 5.96 Å². The lowest BCUT2D eigenvalue weighted by atomic mass is 10.2. The number of methoxy groups -OCH3 is 1. The Hall–Kier alpha value is -1.53. The molecule has 1 aromatic rings. The quantitative estimate of drug-likeness (QED) is 0.300. The number of rotatable bonds is 6. The summed E-state index contributed by atoms with van der Waals surface area (Å²) in [5, 5.41) is 3.19. The topological polar surface area (TPSA) is 84.8 Å². The molecule has 0 fully saturated rings. The fourth-order valence-corrected chi connectivity index (χ4v) is 1.63. The van der Waals surface area contributed by atoms with Crippen LogP contribution in [0.1, 0.15) is 19.6 Å². The minimum absolute atomic E-state index is 0.0457. The second kappa shape index (κ2) is 7.73. The number of guanidine groups is 1. The summed E-state index contributed by atoms with van der Waals surface area (Å²) in [6, 6.07) is 4.03. The van der Waals surface area contributed by atoms with Crippen LogP contribution in [0, 0.1) is 0 Å². The van der Waals surface area contributed by atoms with E-state index in [4.69, 9.17) is 15.0 Å². The summed E-state index contributed by atoms with van der Waals surface area (Å²) in [7, 11) is 1.65. The Balaban J connectivity index is 2.46. The molecule has 102 valence electrons. The smallest absolute Gasteiger partial charge is 0.206 e. The van der Waals surface area contributed by atoms with E-state index < -0.39 is 0 Å². The monoisotopic (exact) mass is 254 g/mol. The summed E-state index contributed by atoms with van der Waals surface area (Å²) in [5.74, 6) is 6.91. The van der Waals surface area contributed by atoms with Gasteiger partial charge in [-0.3, -0.25) is 5.43 Å². The van der Waals surface area contributed by atoms with Gasteiger partial charge in [0.25, 0.3) is 0 Å². The zero-order chi connectivity index (χ0) is 13.4. The zero-order valence-corrected chi connectivity index (χ0v) is 11.1. The van der Waals surface area contributed by atoms with Gasteiger partial charge < -0.3 is 14.5 Å². The van der Waals surface area contributed by atoms with Gasteiger partial charge in [0.05, 0.1) is 18.9 Å². The van der Waals surface area contributed by atoms with E-state index in [-0.39, 0.29) is 12.1 Å². The molecule has 0 aromatic carbocycles. The van der Waals surface area contributed by atoms with E-state index in [9.17, 15) is 0 Å². The van der Waals surface area contributed by atoms with Crippen LogP contribution in [0.5, 0.6) is 0 Å². The highest BCUT2D eigenvalue weighted by Gasteiger charge is 2.08. The molecule has 0 aliphatic heterocycles. The van der Waals surface area contributed by atoms with E-state index in [0.717, 1.165) is 12.2 Å². The largest absolute Gasteiger partial charge is 0.469 e. The van der Waals surface area contributed by atoms with E-state index in [1.54, 1.807) is 13.4 Å². The Morgan fingerprint density at radius 2 is 2.33 bits per heavy atom. The molecular weight excluding hydrogens is 232 g/mol. The first-order chi connectivity index (χ1) is 8.65. The van der Waals surface area contributed by atoms with Crippen molar-refractivity contribution in [1.82, 2.24) is 10.7 Å². The van der Waals surface area contributed by atoms with Crippen LogP contribution in [-0.2, 0) is 11.2 Å². The molecule has 6 heteroatoms. The first kappa shape index (κ1) is 14.5. The minimum Gasteiger partial charge on any atom is -0.469 e.